The fraction of sp³-hybridized carbons (Fsp3) is 0.125. The monoisotopic (exact) mass is 426 g/mol. The van der Waals surface area contributed by atoms with Crippen LogP contribution >= 0.6 is 0 Å². The second-order valence-electron chi connectivity index (χ2n) is 7.40. The van der Waals surface area contributed by atoms with E-state index in [4.69, 9.17) is 4.74 Å². The normalized spacial score (nSPS) is 11.3. The highest BCUT2D eigenvalue weighted by Gasteiger charge is 2.22. The number of Topliss-reactive ketones (excluding diaryl/α,β-unsaturated/α-hetero) is 1. The van der Waals surface area contributed by atoms with Crippen molar-refractivity contribution in [3.05, 3.63) is 96.2 Å². The Bertz CT molecular complexity index is 1250. The maximum atomic E-state index is 13.5. The lowest BCUT2D eigenvalue weighted by molar-refractivity contribution is 0.105. The summed E-state index contributed by atoms with van der Waals surface area (Å²) in [6.07, 6.45) is 5.00. The van der Waals surface area contributed by atoms with E-state index in [1.165, 1.54) is 0 Å². The first-order valence-corrected chi connectivity index (χ1v) is 9.98. The second kappa shape index (κ2) is 9.22. The van der Waals surface area contributed by atoms with Gasteiger partial charge in [-0.15, -0.1) is 5.10 Å². The first kappa shape index (κ1) is 20.9. The van der Waals surface area contributed by atoms with Crippen molar-refractivity contribution in [3.63, 3.8) is 0 Å². The lowest BCUT2D eigenvalue weighted by Gasteiger charge is -2.13. The molecule has 8 nitrogen and oxygen atoms in total. The summed E-state index contributed by atoms with van der Waals surface area (Å²) in [4.78, 5) is 19.4. The molecule has 0 atom stereocenters. The quantitative estimate of drug-likeness (QED) is 0.327. The van der Waals surface area contributed by atoms with E-state index in [1.54, 1.807) is 64.6 Å². The van der Waals surface area contributed by atoms with Crippen molar-refractivity contribution in [3.8, 4) is 17.2 Å². The van der Waals surface area contributed by atoms with Crippen molar-refractivity contribution in [2.45, 2.75) is 6.92 Å². The Morgan fingerprint density at radius 1 is 1.03 bits per heavy atom. The Kier molecular flexibility index (Phi) is 6.03. The number of aromatic nitrogens is 5. The molecule has 0 aliphatic heterocycles. The van der Waals surface area contributed by atoms with Gasteiger partial charge in [-0.2, -0.15) is 4.68 Å². The number of tetrazole rings is 1. The van der Waals surface area contributed by atoms with E-state index in [-0.39, 0.29) is 5.78 Å². The van der Waals surface area contributed by atoms with Crippen LogP contribution in [0.1, 0.15) is 21.7 Å². The summed E-state index contributed by atoms with van der Waals surface area (Å²) >= 11 is 0. The topological polar surface area (TPSA) is 86.0 Å². The number of hydrogen-bond donors (Lipinski definition) is 0. The van der Waals surface area contributed by atoms with Gasteiger partial charge in [0.15, 0.2) is 11.6 Å². The number of carbonyl (C=O) groups is 1. The van der Waals surface area contributed by atoms with Crippen LogP contribution in [0.5, 0.6) is 11.5 Å². The van der Waals surface area contributed by atoms with Gasteiger partial charge < -0.3 is 9.64 Å². The molecule has 0 saturated heterocycles. The Morgan fingerprint density at radius 3 is 2.53 bits per heavy atom. The smallest absolute Gasteiger partial charge is 0.198 e. The lowest BCUT2D eigenvalue weighted by Crippen LogP contribution is -2.13. The SMILES string of the molecule is Cc1ccc(-n2nnnc2C(=CN(C)C)C(=O)c2cccc(Oc3cccnc3)c2)cc1. The summed E-state index contributed by atoms with van der Waals surface area (Å²) in [6, 6.07) is 18.3. The highest BCUT2D eigenvalue weighted by molar-refractivity contribution is 6.28. The molecule has 8 heteroatoms. The van der Waals surface area contributed by atoms with E-state index in [9.17, 15) is 4.79 Å². The third-order valence-corrected chi connectivity index (χ3v) is 4.59. The van der Waals surface area contributed by atoms with Gasteiger partial charge in [0, 0.05) is 32.1 Å². The third-order valence-electron chi connectivity index (χ3n) is 4.59. The summed E-state index contributed by atoms with van der Waals surface area (Å²) < 4.78 is 7.39. The number of ether oxygens (including phenoxy) is 1. The molecule has 0 N–H and O–H groups in total. The van der Waals surface area contributed by atoms with Gasteiger partial charge in [0.25, 0.3) is 0 Å². The van der Waals surface area contributed by atoms with Crippen LogP contribution in [0.2, 0.25) is 0 Å². The molecule has 2 aromatic carbocycles. The molecule has 32 heavy (non-hydrogen) atoms. The Morgan fingerprint density at radius 2 is 1.81 bits per heavy atom. The third kappa shape index (κ3) is 4.70. The first-order valence-electron chi connectivity index (χ1n) is 9.98. The fourth-order valence-electron chi connectivity index (χ4n) is 3.09. The van der Waals surface area contributed by atoms with Gasteiger partial charge in [-0.25, -0.2) is 0 Å². The van der Waals surface area contributed by atoms with E-state index >= 15 is 0 Å². The fourth-order valence-corrected chi connectivity index (χ4v) is 3.09. The van der Waals surface area contributed by atoms with Crippen molar-refractivity contribution >= 4 is 11.4 Å². The number of nitrogens with zero attached hydrogens (tertiary/aromatic N) is 6. The molecule has 4 aromatic rings. The van der Waals surface area contributed by atoms with E-state index in [0.29, 0.717) is 28.5 Å². The molecule has 0 radical (unpaired) electrons. The summed E-state index contributed by atoms with van der Waals surface area (Å²) in [5, 5.41) is 12.1. The zero-order valence-electron chi connectivity index (χ0n) is 18.0. The second-order valence-corrected chi connectivity index (χ2v) is 7.40. The Labute approximate surface area is 185 Å². The number of carbonyl (C=O) groups excluding carboxylic acids is 1. The van der Waals surface area contributed by atoms with Gasteiger partial charge in [-0.05, 0) is 53.7 Å². The van der Waals surface area contributed by atoms with Gasteiger partial charge in [0.2, 0.25) is 0 Å². The lowest BCUT2D eigenvalue weighted by atomic mass is 10.0. The van der Waals surface area contributed by atoms with Gasteiger partial charge in [-0.3, -0.25) is 9.78 Å². The molecule has 2 aromatic heterocycles. The summed E-state index contributed by atoms with van der Waals surface area (Å²) in [5.74, 6) is 1.25. The molecule has 0 unspecified atom stereocenters. The molecule has 0 spiro atoms. The maximum absolute atomic E-state index is 13.5. The Hall–Kier alpha value is -4.33. The first-order chi connectivity index (χ1) is 15.5. The zero-order valence-corrected chi connectivity index (χ0v) is 18.0. The largest absolute Gasteiger partial charge is 0.456 e. The predicted molar refractivity (Wildman–Crippen MR) is 121 cm³/mol. The summed E-state index contributed by atoms with van der Waals surface area (Å²) in [7, 11) is 3.68. The van der Waals surface area contributed by atoms with E-state index in [2.05, 4.69) is 20.5 Å². The van der Waals surface area contributed by atoms with Crippen LogP contribution in [-0.2, 0) is 0 Å². The van der Waals surface area contributed by atoms with Crippen LogP contribution in [0.4, 0.5) is 0 Å². The number of hydrogen-bond acceptors (Lipinski definition) is 7. The zero-order chi connectivity index (χ0) is 22.5. The molecule has 2 heterocycles. The van der Waals surface area contributed by atoms with Crippen LogP contribution in [0.25, 0.3) is 11.3 Å². The van der Waals surface area contributed by atoms with Crippen LogP contribution in [0.15, 0.2) is 79.3 Å². The molecule has 0 bridgehead atoms. The van der Waals surface area contributed by atoms with Crippen molar-refractivity contribution in [2.24, 2.45) is 0 Å². The van der Waals surface area contributed by atoms with Gasteiger partial charge >= 0.3 is 0 Å². The Balaban J connectivity index is 1.70. The van der Waals surface area contributed by atoms with Crippen LogP contribution in [0, 0.1) is 6.92 Å². The minimum absolute atomic E-state index is 0.224. The molecule has 0 fully saturated rings. The minimum Gasteiger partial charge on any atom is -0.456 e. The standard InChI is InChI=1S/C24H22N6O2/c1-17-9-11-19(12-10-17)30-24(26-27-28-30)22(16-29(2)3)23(31)18-6-4-7-20(14-18)32-21-8-5-13-25-15-21/h4-16H,1-3H3. The number of pyridine rings is 1. The van der Waals surface area contributed by atoms with Gasteiger partial charge in [0.05, 0.1) is 17.5 Å². The minimum atomic E-state index is -0.224. The molecule has 4 rings (SSSR count). The molecule has 0 saturated carbocycles. The average molecular weight is 426 g/mol. The summed E-state index contributed by atoms with van der Waals surface area (Å²) in [6.45, 7) is 2.01. The van der Waals surface area contributed by atoms with E-state index in [0.717, 1.165) is 11.3 Å². The van der Waals surface area contributed by atoms with Crippen molar-refractivity contribution in [1.82, 2.24) is 30.1 Å². The number of ketones is 1. The number of benzene rings is 2. The van der Waals surface area contributed by atoms with Gasteiger partial charge in [-0.1, -0.05) is 29.8 Å². The van der Waals surface area contributed by atoms with Gasteiger partial charge in [0.1, 0.15) is 11.5 Å². The van der Waals surface area contributed by atoms with Crippen molar-refractivity contribution in [1.29, 1.82) is 0 Å². The predicted octanol–water partition coefficient (Wildman–Crippen LogP) is 3.94. The molecule has 0 aliphatic rings. The number of allylic oxidation sites excluding steroid dienone is 1. The molecular weight excluding hydrogens is 404 g/mol. The van der Waals surface area contributed by atoms with Crippen molar-refractivity contribution < 1.29 is 9.53 Å². The molecule has 0 amide bonds. The van der Waals surface area contributed by atoms with E-state index < -0.39 is 0 Å². The highest BCUT2D eigenvalue weighted by Crippen LogP contribution is 2.25. The van der Waals surface area contributed by atoms with E-state index in [1.807, 2.05) is 45.3 Å². The van der Waals surface area contributed by atoms with Crippen LogP contribution < -0.4 is 4.74 Å². The number of aryl methyl sites for hydroxylation is 1. The number of rotatable bonds is 7. The highest BCUT2D eigenvalue weighted by atomic mass is 16.5. The molecule has 160 valence electrons. The van der Waals surface area contributed by atoms with Crippen LogP contribution in [-0.4, -0.2) is 50.0 Å². The average Bonchev–Trinajstić information content (AvgIpc) is 3.28. The summed E-state index contributed by atoms with van der Waals surface area (Å²) in [5.41, 5.74) is 2.70. The van der Waals surface area contributed by atoms with Crippen LogP contribution in [0.3, 0.4) is 0 Å². The molecular formula is C24H22N6O2. The molecule has 0 aliphatic carbocycles. The van der Waals surface area contributed by atoms with Crippen molar-refractivity contribution in [2.75, 3.05) is 14.1 Å². The maximum Gasteiger partial charge on any atom is 0.198 e.